The van der Waals surface area contributed by atoms with E-state index in [0.717, 1.165) is 55.4 Å². The van der Waals surface area contributed by atoms with Crippen molar-refractivity contribution >= 4 is 33.2 Å². The number of halogens is 1. The van der Waals surface area contributed by atoms with Crippen molar-refractivity contribution in [2.75, 3.05) is 0 Å². The summed E-state index contributed by atoms with van der Waals surface area (Å²) in [6.07, 6.45) is 9.05. The second-order valence-electron chi connectivity index (χ2n) is 7.85. The van der Waals surface area contributed by atoms with Gasteiger partial charge in [-0.05, 0) is 59.3 Å². The lowest BCUT2D eigenvalue weighted by molar-refractivity contribution is 0.0702. The van der Waals surface area contributed by atoms with Crippen LogP contribution in [0.1, 0.15) is 83.1 Å². The number of aliphatic hydroxyl groups excluding tert-OH is 1. The van der Waals surface area contributed by atoms with Crippen LogP contribution in [-0.4, -0.2) is 16.2 Å². The molecule has 2 N–H and O–H groups in total. The normalized spacial score (nSPS) is 19.9. The van der Waals surface area contributed by atoms with Crippen LogP contribution in [0.5, 0.6) is 0 Å². The van der Waals surface area contributed by atoms with Crippen LogP contribution >= 0.6 is 27.3 Å². The standard InChI is InChI=1S/C24H29BrO3S/c1-2-3-4-5-21(26)16-6-8-17(9-7-16)23-18(11-14-20(23)25)10-12-19-13-15-22(29-19)24(27)28/h6-9,13-15,18,21,23,26H,2-5,10-12H2,1H3,(H,27,28)/t18-,21?,23?/m0/s1. The molecule has 0 amide bonds. The maximum absolute atomic E-state index is 11.1. The van der Waals surface area contributed by atoms with E-state index in [1.807, 2.05) is 6.07 Å². The van der Waals surface area contributed by atoms with E-state index in [1.54, 1.807) is 6.07 Å². The molecule has 0 bridgehead atoms. The van der Waals surface area contributed by atoms with Crippen molar-refractivity contribution in [3.8, 4) is 0 Å². The third kappa shape index (κ3) is 5.80. The maximum Gasteiger partial charge on any atom is 0.345 e. The molecule has 0 saturated carbocycles. The Bertz CT molecular complexity index is 840. The number of carboxylic acids is 1. The van der Waals surface area contributed by atoms with Crippen LogP contribution in [0.4, 0.5) is 0 Å². The lowest BCUT2D eigenvalue weighted by atomic mass is 9.85. The molecule has 3 nitrogen and oxygen atoms in total. The quantitative estimate of drug-likeness (QED) is 0.360. The molecule has 1 aromatic carbocycles. The Hall–Kier alpha value is -1.43. The zero-order valence-corrected chi connectivity index (χ0v) is 19.2. The number of unbranched alkanes of at least 4 members (excludes halogenated alkanes) is 2. The summed E-state index contributed by atoms with van der Waals surface area (Å²) < 4.78 is 1.23. The van der Waals surface area contributed by atoms with Crippen LogP contribution in [0.3, 0.4) is 0 Å². The Balaban J connectivity index is 1.62. The SMILES string of the molecule is CCCCCC(O)c1ccc(C2C(Br)=CC[C@@H]2CCc2ccc(C(=O)O)s2)cc1. The molecule has 1 aromatic heterocycles. The predicted molar refractivity (Wildman–Crippen MR) is 123 cm³/mol. The van der Waals surface area contributed by atoms with Gasteiger partial charge >= 0.3 is 5.97 Å². The minimum Gasteiger partial charge on any atom is -0.477 e. The summed E-state index contributed by atoms with van der Waals surface area (Å²) in [4.78, 5) is 12.6. The third-order valence-corrected chi connectivity index (χ3v) is 7.73. The summed E-state index contributed by atoms with van der Waals surface area (Å²) in [5.74, 6) is -0.0124. The molecule has 2 unspecified atom stereocenters. The highest BCUT2D eigenvalue weighted by Gasteiger charge is 2.30. The molecule has 3 atom stereocenters. The van der Waals surface area contributed by atoms with E-state index in [1.165, 1.54) is 21.4 Å². The Labute approximate surface area is 185 Å². The molecule has 29 heavy (non-hydrogen) atoms. The van der Waals surface area contributed by atoms with E-state index in [9.17, 15) is 9.90 Å². The third-order valence-electron chi connectivity index (χ3n) is 5.78. The topological polar surface area (TPSA) is 57.5 Å². The molecule has 1 heterocycles. The van der Waals surface area contributed by atoms with Gasteiger partial charge in [-0.15, -0.1) is 11.3 Å². The van der Waals surface area contributed by atoms with Crippen molar-refractivity contribution in [1.82, 2.24) is 0 Å². The fourth-order valence-corrected chi connectivity index (χ4v) is 5.79. The molecule has 156 valence electrons. The summed E-state index contributed by atoms with van der Waals surface area (Å²) in [7, 11) is 0. The van der Waals surface area contributed by atoms with Gasteiger partial charge in [-0.3, -0.25) is 0 Å². The highest BCUT2D eigenvalue weighted by Crippen LogP contribution is 2.45. The van der Waals surface area contributed by atoms with Crippen LogP contribution in [0, 0.1) is 5.92 Å². The van der Waals surface area contributed by atoms with Crippen molar-refractivity contribution in [1.29, 1.82) is 0 Å². The summed E-state index contributed by atoms with van der Waals surface area (Å²) >= 11 is 5.14. The van der Waals surface area contributed by atoms with Gasteiger partial charge in [0.15, 0.2) is 0 Å². The van der Waals surface area contributed by atoms with E-state index in [2.05, 4.69) is 53.2 Å². The zero-order valence-electron chi connectivity index (χ0n) is 16.8. The van der Waals surface area contributed by atoms with Gasteiger partial charge in [-0.1, -0.05) is 72.5 Å². The lowest BCUT2D eigenvalue weighted by Crippen LogP contribution is -2.10. The van der Waals surface area contributed by atoms with Gasteiger partial charge in [0.05, 0.1) is 6.10 Å². The van der Waals surface area contributed by atoms with Gasteiger partial charge in [0.25, 0.3) is 0 Å². The average Bonchev–Trinajstić information content (AvgIpc) is 3.33. The first-order valence-corrected chi connectivity index (χ1v) is 12.1. The number of aryl methyl sites for hydroxylation is 1. The average molecular weight is 477 g/mol. The van der Waals surface area contributed by atoms with Gasteiger partial charge in [0.1, 0.15) is 4.88 Å². The van der Waals surface area contributed by atoms with Crippen LogP contribution in [0.15, 0.2) is 47.0 Å². The monoisotopic (exact) mass is 476 g/mol. The van der Waals surface area contributed by atoms with Gasteiger partial charge < -0.3 is 10.2 Å². The number of benzene rings is 1. The summed E-state index contributed by atoms with van der Waals surface area (Å²) in [6.45, 7) is 2.17. The molecular formula is C24H29BrO3S. The fraction of sp³-hybridized carbons (Fsp3) is 0.458. The number of allylic oxidation sites excluding steroid dienone is 2. The van der Waals surface area contributed by atoms with E-state index >= 15 is 0 Å². The van der Waals surface area contributed by atoms with E-state index in [4.69, 9.17) is 5.11 Å². The number of aliphatic hydroxyl groups is 1. The lowest BCUT2D eigenvalue weighted by Gasteiger charge is -2.22. The molecule has 5 heteroatoms. The number of hydrogen-bond donors (Lipinski definition) is 2. The number of carbonyl (C=O) groups is 1. The first-order chi connectivity index (χ1) is 14.0. The van der Waals surface area contributed by atoms with Crippen LogP contribution < -0.4 is 0 Å². The maximum atomic E-state index is 11.1. The van der Waals surface area contributed by atoms with Crippen LogP contribution in [0.2, 0.25) is 0 Å². The van der Waals surface area contributed by atoms with Crippen LogP contribution in [-0.2, 0) is 6.42 Å². The van der Waals surface area contributed by atoms with E-state index in [0.29, 0.717) is 16.7 Å². The van der Waals surface area contributed by atoms with E-state index in [-0.39, 0.29) is 6.10 Å². The van der Waals surface area contributed by atoms with Gasteiger partial charge in [-0.2, -0.15) is 0 Å². The van der Waals surface area contributed by atoms with Gasteiger partial charge in [0, 0.05) is 10.8 Å². The summed E-state index contributed by atoms with van der Waals surface area (Å²) in [5, 5.41) is 19.5. The largest absolute Gasteiger partial charge is 0.477 e. The minimum absolute atomic E-state index is 0.334. The Kier molecular flexibility index (Phi) is 8.10. The number of carboxylic acid groups (broad SMARTS) is 1. The fourth-order valence-electron chi connectivity index (χ4n) is 4.10. The van der Waals surface area contributed by atoms with Gasteiger partial charge in [-0.25, -0.2) is 4.79 Å². The molecule has 1 aliphatic rings. The zero-order chi connectivity index (χ0) is 20.8. The number of hydrogen-bond acceptors (Lipinski definition) is 3. The van der Waals surface area contributed by atoms with Crippen molar-refractivity contribution < 1.29 is 15.0 Å². The number of rotatable bonds is 10. The number of aromatic carboxylic acids is 1. The van der Waals surface area contributed by atoms with Gasteiger partial charge in [0.2, 0.25) is 0 Å². The second kappa shape index (κ2) is 10.6. The van der Waals surface area contributed by atoms with Crippen molar-refractivity contribution in [2.24, 2.45) is 5.92 Å². The molecule has 0 aliphatic heterocycles. The Morgan fingerprint density at radius 1 is 1.21 bits per heavy atom. The minimum atomic E-state index is -0.846. The highest BCUT2D eigenvalue weighted by atomic mass is 79.9. The molecule has 0 radical (unpaired) electrons. The predicted octanol–water partition coefficient (Wildman–Crippen LogP) is 7.08. The van der Waals surface area contributed by atoms with Crippen molar-refractivity contribution in [2.45, 2.75) is 63.9 Å². The first-order valence-electron chi connectivity index (χ1n) is 10.4. The molecule has 0 fully saturated rings. The molecule has 2 aromatic rings. The summed E-state index contributed by atoms with van der Waals surface area (Å²) in [5.41, 5.74) is 2.27. The first kappa shape index (κ1) is 22.3. The molecule has 0 spiro atoms. The smallest absolute Gasteiger partial charge is 0.345 e. The van der Waals surface area contributed by atoms with Crippen molar-refractivity contribution in [3.05, 3.63) is 67.8 Å². The number of thiophene rings is 1. The second-order valence-corrected chi connectivity index (χ2v) is 9.93. The molecule has 3 rings (SSSR count). The molecule has 0 saturated heterocycles. The van der Waals surface area contributed by atoms with Crippen molar-refractivity contribution in [3.63, 3.8) is 0 Å². The summed E-state index contributed by atoms with van der Waals surface area (Å²) in [6, 6.07) is 12.1. The van der Waals surface area contributed by atoms with E-state index < -0.39 is 5.97 Å². The molecular weight excluding hydrogens is 448 g/mol. The molecule has 1 aliphatic carbocycles. The highest BCUT2D eigenvalue weighted by molar-refractivity contribution is 9.11. The Morgan fingerprint density at radius 3 is 2.62 bits per heavy atom. The Morgan fingerprint density at radius 2 is 1.97 bits per heavy atom. The van der Waals surface area contributed by atoms with Crippen LogP contribution in [0.25, 0.3) is 0 Å².